The molecule has 0 spiro atoms. The summed E-state index contributed by atoms with van der Waals surface area (Å²) in [5.41, 5.74) is 0.861. The van der Waals surface area contributed by atoms with Crippen molar-refractivity contribution < 1.29 is 23.1 Å². The molecule has 0 aliphatic heterocycles. The summed E-state index contributed by atoms with van der Waals surface area (Å²) in [4.78, 5) is 11.2. The van der Waals surface area contributed by atoms with E-state index < -0.39 is 24.0 Å². The molecule has 2 atom stereocenters. The second-order valence-electron chi connectivity index (χ2n) is 4.73. The third-order valence-electron chi connectivity index (χ3n) is 3.41. The lowest BCUT2D eigenvalue weighted by Gasteiger charge is -2.23. The van der Waals surface area contributed by atoms with Crippen molar-refractivity contribution in [3.8, 4) is 0 Å². The first kappa shape index (κ1) is 14.4. The Hall–Kier alpha value is -2.05. The number of hydrogen-bond donors (Lipinski definition) is 1. The van der Waals surface area contributed by atoms with Crippen molar-refractivity contribution in [2.24, 2.45) is 13.0 Å². The lowest BCUT2D eigenvalue weighted by Crippen LogP contribution is -2.31. The number of carboxylic acid groups (broad SMARTS) is 1. The Bertz CT molecular complexity index is 649. The van der Waals surface area contributed by atoms with Crippen LogP contribution in [0.2, 0.25) is 0 Å². The number of aromatic nitrogens is 2. The van der Waals surface area contributed by atoms with Crippen molar-refractivity contribution in [3.05, 3.63) is 30.0 Å². The van der Waals surface area contributed by atoms with Gasteiger partial charge in [-0.25, -0.2) is 0 Å². The highest BCUT2D eigenvalue weighted by Crippen LogP contribution is 2.38. The van der Waals surface area contributed by atoms with Gasteiger partial charge in [-0.3, -0.25) is 9.48 Å². The van der Waals surface area contributed by atoms with Gasteiger partial charge in [0.05, 0.1) is 23.5 Å². The van der Waals surface area contributed by atoms with Gasteiger partial charge in [0.2, 0.25) is 0 Å². The monoisotopic (exact) mass is 286 g/mol. The van der Waals surface area contributed by atoms with E-state index in [1.165, 1.54) is 18.3 Å². The van der Waals surface area contributed by atoms with Gasteiger partial charge in [0, 0.05) is 12.4 Å². The molecule has 4 nitrogen and oxygen atoms in total. The van der Waals surface area contributed by atoms with E-state index in [0.29, 0.717) is 5.39 Å². The summed E-state index contributed by atoms with van der Waals surface area (Å²) >= 11 is 0. The molecule has 0 saturated carbocycles. The highest BCUT2D eigenvalue weighted by Gasteiger charge is 2.45. The summed E-state index contributed by atoms with van der Waals surface area (Å²) in [7, 11) is 1.70. The Morgan fingerprint density at radius 1 is 1.40 bits per heavy atom. The van der Waals surface area contributed by atoms with Gasteiger partial charge in [-0.05, 0) is 17.7 Å². The van der Waals surface area contributed by atoms with Gasteiger partial charge in [0.15, 0.2) is 0 Å². The molecule has 2 aromatic rings. The largest absolute Gasteiger partial charge is 0.481 e. The van der Waals surface area contributed by atoms with Gasteiger partial charge < -0.3 is 5.11 Å². The summed E-state index contributed by atoms with van der Waals surface area (Å²) < 4.78 is 39.9. The van der Waals surface area contributed by atoms with Gasteiger partial charge in [-0.15, -0.1) is 0 Å². The van der Waals surface area contributed by atoms with Crippen LogP contribution in [0.5, 0.6) is 0 Å². The average molecular weight is 286 g/mol. The van der Waals surface area contributed by atoms with Crippen molar-refractivity contribution >= 4 is 16.9 Å². The van der Waals surface area contributed by atoms with Crippen molar-refractivity contribution in [3.63, 3.8) is 0 Å². The third-order valence-corrected chi connectivity index (χ3v) is 3.41. The Labute approximate surface area is 112 Å². The number of nitrogens with zero attached hydrogens (tertiary/aromatic N) is 2. The van der Waals surface area contributed by atoms with E-state index in [1.807, 2.05) is 0 Å². The lowest BCUT2D eigenvalue weighted by molar-refractivity contribution is -0.183. The number of fused-ring (bicyclic) bond motifs is 1. The first-order valence-electron chi connectivity index (χ1n) is 5.93. The standard InChI is InChI=1S/C13H13F3N2O2/c1-7(13(14,15)16)11(12(19)20)8-3-4-10-9(5-8)6-17-18(10)2/h3-7,11H,1-2H3,(H,19,20). The molecule has 1 aromatic heterocycles. The summed E-state index contributed by atoms with van der Waals surface area (Å²) in [6.45, 7) is 0.881. The van der Waals surface area contributed by atoms with Crippen LogP contribution < -0.4 is 0 Å². The lowest BCUT2D eigenvalue weighted by atomic mass is 9.86. The molecule has 20 heavy (non-hydrogen) atoms. The second-order valence-corrected chi connectivity index (χ2v) is 4.73. The predicted molar refractivity (Wildman–Crippen MR) is 66.3 cm³/mol. The minimum Gasteiger partial charge on any atom is -0.481 e. The Morgan fingerprint density at radius 2 is 2.05 bits per heavy atom. The number of carbonyl (C=O) groups is 1. The molecule has 1 heterocycles. The third kappa shape index (κ3) is 2.48. The number of halogens is 3. The quantitative estimate of drug-likeness (QED) is 0.943. The molecular formula is C13H13F3N2O2. The maximum atomic E-state index is 12.8. The molecule has 7 heteroatoms. The van der Waals surface area contributed by atoms with E-state index in [1.54, 1.807) is 17.8 Å². The van der Waals surface area contributed by atoms with Crippen LogP contribution in [0.4, 0.5) is 13.2 Å². The molecule has 1 aromatic carbocycles. The SMILES string of the molecule is CC(C(C(=O)O)c1ccc2c(cnn2C)c1)C(F)(F)F. The van der Waals surface area contributed by atoms with Crippen LogP contribution >= 0.6 is 0 Å². The van der Waals surface area contributed by atoms with Gasteiger partial charge >= 0.3 is 12.1 Å². The first-order valence-corrected chi connectivity index (χ1v) is 5.93. The Kier molecular flexibility index (Phi) is 3.45. The number of aryl methyl sites for hydroxylation is 1. The fourth-order valence-electron chi connectivity index (χ4n) is 2.21. The molecular weight excluding hydrogens is 273 g/mol. The number of alkyl halides is 3. The van der Waals surface area contributed by atoms with Crippen LogP contribution in [0.15, 0.2) is 24.4 Å². The second kappa shape index (κ2) is 4.81. The minimum atomic E-state index is -4.56. The minimum absolute atomic E-state index is 0.128. The molecule has 108 valence electrons. The maximum Gasteiger partial charge on any atom is 0.392 e. The molecule has 0 aliphatic carbocycles. The first-order chi connectivity index (χ1) is 9.21. The zero-order chi connectivity index (χ0) is 15.1. The van der Waals surface area contributed by atoms with E-state index in [-0.39, 0.29) is 5.56 Å². The number of rotatable bonds is 3. The summed E-state index contributed by atoms with van der Waals surface area (Å²) in [6, 6.07) is 4.44. The number of benzene rings is 1. The van der Waals surface area contributed by atoms with Crippen LogP contribution in [-0.4, -0.2) is 27.0 Å². The Balaban J connectivity index is 2.49. The van der Waals surface area contributed by atoms with Crippen LogP contribution in [0, 0.1) is 5.92 Å². The molecule has 1 N–H and O–H groups in total. The normalized spacial score (nSPS) is 15.2. The van der Waals surface area contributed by atoms with Gasteiger partial charge in [-0.1, -0.05) is 13.0 Å². The van der Waals surface area contributed by atoms with E-state index >= 15 is 0 Å². The van der Waals surface area contributed by atoms with Crippen LogP contribution in [0.25, 0.3) is 10.9 Å². The van der Waals surface area contributed by atoms with E-state index in [9.17, 15) is 18.0 Å². The number of hydrogen-bond acceptors (Lipinski definition) is 2. The van der Waals surface area contributed by atoms with Crippen molar-refractivity contribution in [1.82, 2.24) is 9.78 Å². The predicted octanol–water partition coefficient (Wildman–Crippen LogP) is 2.94. The van der Waals surface area contributed by atoms with Crippen molar-refractivity contribution in [1.29, 1.82) is 0 Å². The average Bonchev–Trinajstić information content (AvgIpc) is 2.69. The summed E-state index contributed by atoms with van der Waals surface area (Å²) in [5.74, 6) is -5.08. The van der Waals surface area contributed by atoms with Gasteiger partial charge in [0.1, 0.15) is 0 Å². The van der Waals surface area contributed by atoms with Crippen LogP contribution in [0.3, 0.4) is 0 Å². The summed E-state index contributed by atoms with van der Waals surface area (Å²) in [5, 5.41) is 13.7. The van der Waals surface area contributed by atoms with Crippen molar-refractivity contribution in [2.45, 2.75) is 19.0 Å². The van der Waals surface area contributed by atoms with E-state index in [2.05, 4.69) is 5.10 Å². The smallest absolute Gasteiger partial charge is 0.392 e. The van der Waals surface area contributed by atoms with Crippen molar-refractivity contribution in [2.75, 3.05) is 0 Å². The number of carboxylic acids is 1. The molecule has 0 fully saturated rings. The van der Waals surface area contributed by atoms with E-state index in [0.717, 1.165) is 12.4 Å². The fraction of sp³-hybridized carbons (Fsp3) is 0.385. The van der Waals surface area contributed by atoms with E-state index in [4.69, 9.17) is 5.11 Å². The zero-order valence-corrected chi connectivity index (χ0v) is 10.8. The molecule has 0 bridgehead atoms. The molecule has 2 rings (SSSR count). The zero-order valence-electron chi connectivity index (χ0n) is 10.8. The molecule has 0 aliphatic rings. The molecule has 2 unspecified atom stereocenters. The maximum absolute atomic E-state index is 12.8. The molecule has 0 amide bonds. The molecule has 0 saturated heterocycles. The Morgan fingerprint density at radius 3 is 2.60 bits per heavy atom. The highest BCUT2D eigenvalue weighted by atomic mass is 19.4. The topological polar surface area (TPSA) is 55.1 Å². The van der Waals surface area contributed by atoms with Crippen LogP contribution in [0.1, 0.15) is 18.4 Å². The van der Waals surface area contributed by atoms with Gasteiger partial charge in [0.25, 0.3) is 0 Å². The van der Waals surface area contributed by atoms with Gasteiger partial charge in [-0.2, -0.15) is 18.3 Å². The summed E-state index contributed by atoms with van der Waals surface area (Å²) in [6.07, 6.45) is -3.07. The highest BCUT2D eigenvalue weighted by molar-refractivity contribution is 5.83. The van der Waals surface area contributed by atoms with Crippen LogP contribution in [-0.2, 0) is 11.8 Å². The molecule has 0 radical (unpaired) electrons. The fourth-order valence-corrected chi connectivity index (χ4v) is 2.21. The number of aliphatic carboxylic acids is 1.